The molecule has 8 nitrogen and oxygen atoms in total. The lowest BCUT2D eigenvalue weighted by atomic mass is 10.0. The third-order valence-electron chi connectivity index (χ3n) is 6.00. The molecular formula is C27H35N3O5S. The Hall–Kier alpha value is -3.06. The maximum atomic E-state index is 13.6. The highest BCUT2D eigenvalue weighted by molar-refractivity contribution is 7.89. The first-order valence-corrected chi connectivity index (χ1v) is 13.5. The standard InChI is InChI=1S/C27H35N3O5S/c1-19(2)11-12-22-13-14-26-24(15-22)35-25(20(3)16-30(21(4)18-31)36(26,33)34)17-29(5)27(32)28-23-9-7-6-8-10-23/h6-10,13-15,19-21,25,31H,16-18H2,1-5H3,(H,28,32)/t20-,21-,25-/m1/s1. The number of amides is 2. The van der Waals surface area contributed by atoms with E-state index >= 15 is 0 Å². The summed E-state index contributed by atoms with van der Waals surface area (Å²) in [6.45, 7) is 7.55. The number of urea groups is 1. The molecule has 0 bridgehead atoms. The molecule has 36 heavy (non-hydrogen) atoms. The fourth-order valence-electron chi connectivity index (χ4n) is 3.84. The van der Waals surface area contributed by atoms with E-state index in [2.05, 4.69) is 17.2 Å². The number of carbonyl (C=O) groups excluding carboxylic acids is 1. The predicted molar refractivity (Wildman–Crippen MR) is 140 cm³/mol. The minimum Gasteiger partial charge on any atom is -0.487 e. The Morgan fingerprint density at radius 2 is 1.92 bits per heavy atom. The van der Waals surface area contributed by atoms with E-state index < -0.39 is 22.2 Å². The molecule has 2 N–H and O–H groups in total. The van der Waals surface area contributed by atoms with Crippen LogP contribution in [0.25, 0.3) is 0 Å². The van der Waals surface area contributed by atoms with Gasteiger partial charge in [-0.05, 0) is 37.3 Å². The van der Waals surface area contributed by atoms with Gasteiger partial charge in [-0.25, -0.2) is 13.2 Å². The van der Waals surface area contributed by atoms with Crippen molar-refractivity contribution in [1.82, 2.24) is 9.21 Å². The van der Waals surface area contributed by atoms with Gasteiger partial charge in [0, 0.05) is 42.7 Å². The molecule has 1 aliphatic heterocycles. The molecule has 0 spiro atoms. The number of para-hydroxylation sites is 1. The van der Waals surface area contributed by atoms with Gasteiger partial charge < -0.3 is 20.1 Å². The molecule has 1 aliphatic rings. The Balaban J connectivity index is 1.96. The third-order valence-corrected chi connectivity index (χ3v) is 8.02. The van der Waals surface area contributed by atoms with Crippen molar-refractivity contribution in [3.63, 3.8) is 0 Å². The zero-order valence-electron chi connectivity index (χ0n) is 21.4. The Labute approximate surface area is 214 Å². The number of rotatable bonds is 5. The fraction of sp³-hybridized carbons (Fsp3) is 0.444. The van der Waals surface area contributed by atoms with Crippen molar-refractivity contribution in [1.29, 1.82) is 0 Å². The van der Waals surface area contributed by atoms with Crippen LogP contribution in [0.4, 0.5) is 10.5 Å². The lowest BCUT2D eigenvalue weighted by Gasteiger charge is -2.37. The second kappa shape index (κ2) is 11.8. The maximum Gasteiger partial charge on any atom is 0.321 e. The van der Waals surface area contributed by atoms with Gasteiger partial charge in [-0.15, -0.1) is 0 Å². The number of sulfonamides is 1. The number of likely N-dealkylation sites (N-methyl/N-ethyl adjacent to an activating group) is 1. The lowest BCUT2D eigenvalue weighted by Crippen LogP contribution is -2.50. The normalized spacial score (nSPS) is 20.1. The molecule has 2 amide bonds. The number of hydrogen-bond acceptors (Lipinski definition) is 5. The fourth-order valence-corrected chi connectivity index (χ4v) is 5.67. The molecule has 2 aromatic carbocycles. The van der Waals surface area contributed by atoms with Crippen LogP contribution in [0.5, 0.6) is 5.75 Å². The van der Waals surface area contributed by atoms with Crippen LogP contribution in [0.2, 0.25) is 0 Å². The third kappa shape index (κ3) is 6.58. The number of ether oxygens (including phenoxy) is 1. The zero-order chi connectivity index (χ0) is 26.5. The summed E-state index contributed by atoms with van der Waals surface area (Å²) in [7, 11) is -2.27. The Morgan fingerprint density at radius 1 is 1.22 bits per heavy atom. The Morgan fingerprint density at radius 3 is 2.56 bits per heavy atom. The van der Waals surface area contributed by atoms with Crippen LogP contribution in [0.15, 0.2) is 53.4 Å². The van der Waals surface area contributed by atoms with Crippen molar-refractivity contribution >= 4 is 21.7 Å². The highest BCUT2D eigenvalue weighted by Crippen LogP contribution is 2.34. The van der Waals surface area contributed by atoms with E-state index in [1.54, 1.807) is 38.2 Å². The molecule has 0 saturated heterocycles. The first-order chi connectivity index (χ1) is 17.0. The number of aliphatic hydroxyl groups is 1. The van der Waals surface area contributed by atoms with Crippen molar-refractivity contribution in [2.24, 2.45) is 11.8 Å². The van der Waals surface area contributed by atoms with Gasteiger partial charge in [0.05, 0.1) is 13.2 Å². The van der Waals surface area contributed by atoms with Gasteiger partial charge in [-0.3, -0.25) is 0 Å². The zero-order valence-corrected chi connectivity index (χ0v) is 22.2. The maximum absolute atomic E-state index is 13.6. The Kier molecular flexibility index (Phi) is 9.01. The average molecular weight is 514 g/mol. The van der Waals surface area contributed by atoms with Crippen molar-refractivity contribution < 1.29 is 23.1 Å². The topological polar surface area (TPSA) is 99.2 Å². The largest absolute Gasteiger partial charge is 0.487 e. The molecule has 0 aromatic heterocycles. The van der Waals surface area contributed by atoms with Gasteiger partial charge in [-0.1, -0.05) is 50.8 Å². The van der Waals surface area contributed by atoms with E-state index in [1.807, 2.05) is 39.0 Å². The minimum absolute atomic E-state index is 0.0196. The molecule has 0 aliphatic carbocycles. The van der Waals surface area contributed by atoms with E-state index in [0.717, 1.165) is 0 Å². The molecule has 194 valence electrons. The summed E-state index contributed by atoms with van der Waals surface area (Å²) in [5, 5.41) is 12.6. The molecule has 9 heteroatoms. The van der Waals surface area contributed by atoms with Crippen molar-refractivity contribution in [2.75, 3.05) is 32.1 Å². The molecule has 1 heterocycles. The molecule has 0 unspecified atom stereocenters. The van der Waals surface area contributed by atoms with Crippen LogP contribution >= 0.6 is 0 Å². The predicted octanol–water partition coefficient (Wildman–Crippen LogP) is 3.63. The summed E-state index contributed by atoms with van der Waals surface area (Å²) < 4.78 is 34.8. The monoisotopic (exact) mass is 513 g/mol. The molecule has 0 radical (unpaired) electrons. The highest BCUT2D eigenvalue weighted by atomic mass is 32.2. The van der Waals surface area contributed by atoms with Gasteiger partial charge in [-0.2, -0.15) is 4.31 Å². The number of nitrogens with zero attached hydrogens (tertiary/aromatic N) is 2. The van der Waals surface area contributed by atoms with Crippen molar-refractivity contribution in [2.45, 2.75) is 44.7 Å². The van der Waals surface area contributed by atoms with Crippen LogP contribution in [0, 0.1) is 23.7 Å². The molecule has 0 fully saturated rings. The summed E-state index contributed by atoms with van der Waals surface area (Å²) >= 11 is 0. The van der Waals surface area contributed by atoms with Crippen molar-refractivity contribution in [3.8, 4) is 17.6 Å². The van der Waals surface area contributed by atoms with E-state index in [9.17, 15) is 18.3 Å². The van der Waals surface area contributed by atoms with Crippen LogP contribution in [0.1, 0.15) is 33.3 Å². The second-order valence-corrected chi connectivity index (χ2v) is 11.4. The quantitative estimate of drug-likeness (QED) is 0.595. The summed E-state index contributed by atoms with van der Waals surface area (Å²) in [4.78, 5) is 14.4. The number of carbonyl (C=O) groups is 1. The van der Waals surface area contributed by atoms with Crippen molar-refractivity contribution in [3.05, 3.63) is 54.1 Å². The average Bonchev–Trinajstić information content (AvgIpc) is 2.84. The lowest BCUT2D eigenvalue weighted by molar-refractivity contribution is 0.0830. The second-order valence-electron chi connectivity index (χ2n) is 9.50. The minimum atomic E-state index is -3.94. The number of aliphatic hydroxyl groups excluding tert-OH is 1. The van der Waals surface area contributed by atoms with Crippen LogP contribution in [0.3, 0.4) is 0 Å². The van der Waals surface area contributed by atoms with Gasteiger partial charge >= 0.3 is 6.03 Å². The molecule has 3 rings (SSSR count). The van der Waals surface area contributed by atoms with E-state index in [4.69, 9.17) is 4.74 Å². The van der Waals surface area contributed by atoms with Crippen LogP contribution in [-0.2, 0) is 10.0 Å². The number of hydrogen-bond donors (Lipinski definition) is 2. The first-order valence-electron chi connectivity index (χ1n) is 12.0. The summed E-state index contributed by atoms with van der Waals surface area (Å²) in [5.74, 6) is 6.21. The van der Waals surface area contributed by atoms with E-state index in [0.29, 0.717) is 11.3 Å². The smallest absolute Gasteiger partial charge is 0.321 e. The summed E-state index contributed by atoms with van der Waals surface area (Å²) in [6, 6.07) is 13.0. The van der Waals surface area contributed by atoms with Gasteiger partial charge in [0.15, 0.2) is 0 Å². The number of benzene rings is 2. The molecule has 3 atom stereocenters. The number of fused-ring (bicyclic) bond motifs is 1. The SMILES string of the molecule is CC(C)C#Cc1ccc2c(c1)O[C@H](CN(C)C(=O)Nc1ccccc1)[C@H](C)CN([C@H](C)CO)S2(=O)=O. The van der Waals surface area contributed by atoms with Crippen LogP contribution < -0.4 is 10.1 Å². The summed E-state index contributed by atoms with van der Waals surface area (Å²) in [6.07, 6.45) is -0.507. The molecule has 2 aromatic rings. The van der Waals surface area contributed by atoms with Gasteiger partial charge in [0.2, 0.25) is 10.0 Å². The number of nitrogens with one attached hydrogen (secondary N) is 1. The highest BCUT2D eigenvalue weighted by Gasteiger charge is 2.38. The van der Waals surface area contributed by atoms with Crippen LogP contribution in [-0.4, -0.2) is 67.7 Å². The van der Waals surface area contributed by atoms with E-state index in [1.165, 1.54) is 15.3 Å². The first kappa shape index (κ1) is 27.5. The molecular weight excluding hydrogens is 478 g/mol. The van der Waals surface area contributed by atoms with Gasteiger partial charge in [0.25, 0.3) is 0 Å². The van der Waals surface area contributed by atoms with Gasteiger partial charge in [0.1, 0.15) is 16.7 Å². The Bertz CT molecular complexity index is 1220. The number of anilines is 1. The summed E-state index contributed by atoms with van der Waals surface area (Å²) in [5.41, 5.74) is 1.32. The molecule has 0 saturated carbocycles. The van der Waals surface area contributed by atoms with E-state index in [-0.39, 0.29) is 48.2 Å².